The van der Waals surface area contributed by atoms with E-state index in [0.717, 1.165) is 12.3 Å². The zero-order chi connectivity index (χ0) is 11.4. The minimum atomic E-state index is 0.223. The lowest BCUT2D eigenvalue weighted by atomic mass is 9.93. The SMILES string of the molecule is CC(C)Cc1ccc(C(C)C(C)N)cc1. The zero-order valence-corrected chi connectivity index (χ0v) is 10.3. The monoisotopic (exact) mass is 205 g/mol. The van der Waals surface area contributed by atoms with Crippen molar-refractivity contribution < 1.29 is 0 Å². The summed E-state index contributed by atoms with van der Waals surface area (Å²) in [6.07, 6.45) is 1.16. The van der Waals surface area contributed by atoms with Gasteiger partial charge in [0.25, 0.3) is 0 Å². The lowest BCUT2D eigenvalue weighted by Crippen LogP contribution is -2.22. The third-order valence-corrected chi connectivity index (χ3v) is 2.94. The second-order valence-corrected chi connectivity index (χ2v) is 4.99. The summed E-state index contributed by atoms with van der Waals surface area (Å²) in [5, 5.41) is 0. The summed E-state index contributed by atoms with van der Waals surface area (Å²) in [6.45, 7) is 8.74. The second kappa shape index (κ2) is 5.32. The fraction of sp³-hybridized carbons (Fsp3) is 0.571. The van der Waals surface area contributed by atoms with E-state index in [1.165, 1.54) is 11.1 Å². The van der Waals surface area contributed by atoms with Crippen molar-refractivity contribution in [1.29, 1.82) is 0 Å². The molecule has 0 aliphatic rings. The van der Waals surface area contributed by atoms with Crippen LogP contribution in [0.2, 0.25) is 0 Å². The molecular formula is C14H23N. The molecule has 1 rings (SSSR count). The number of benzene rings is 1. The molecule has 2 unspecified atom stereocenters. The first-order valence-corrected chi connectivity index (χ1v) is 5.85. The van der Waals surface area contributed by atoms with E-state index < -0.39 is 0 Å². The van der Waals surface area contributed by atoms with Gasteiger partial charge in [-0.25, -0.2) is 0 Å². The smallest absolute Gasteiger partial charge is 0.00766 e. The second-order valence-electron chi connectivity index (χ2n) is 4.99. The number of hydrogen-bond acceptors (Lipinski definition) is 1. The van der Waals surface area contributed by atoms with Gasteiger partial charge in [-0.3, -0.25) is 0 Å². The highest BCUT2D eigenvalue weighted by molar-refractivity contribution is 5.26. The lowest BCUT2D eigenvalue weighted by molar-refractivity contribution is 0.611. The molecule has 0 aromatic heterocycles. The Morgan fingerprint density at radius 1 is 1.00 bits per heavy atom. The Bertz CT molecular complexity index is 285. The average molecular weight is 205 g/mol. The first-order valence-electron chi connectivity index (χ1n) is 5.85. The number of nitrogens with two attached hydrogens (primary N) is 1. The highest BCUT2D eigenvalue weighted by Gasteiger charge is 2.09. The van der Waals surface area contributed by atoms with Crippen LogP contribution in [0.1, 0.15) is 44.7 Å². The molecule has 0 aliphatic heterocycles. The van der Waals surface area contributed by atoms with Gasteiger partial charge in [-0.15, -0.1) is 0 Å². The van der Waals surface area contributed by atoms with Crippen LogP contribution in [0.25, 0.3) is 0 Å². The van der Waals surface area contributed by atoms with E-state index in [-0.39, 0.29) is 6.04 Å². The molecule has 2 N–H and O–H groups in total. The van der Waals surface area contributed by atoms with E-state index in [1.54, 1.807) is 0 Å². The van der Waals surface area contributed by atoms with Crippen LogP contribution in [0, 0.1) is 5.92 Å². The van der Waals surface area contributed by atoms with E-state index in [2.05, 4.69) is 52.0 Å². The van der Waals surface area contributed by atoms with Crippen molar-refractivity contribution in [3.8, 4) is 0 Å². The molecule has 0 aliphatic carbocycles. The fourth-order valence-corrected chi connectivity index (χ4v) is 1.73. The molecule has 84 valence electrons. The third-order valence-electron chi connectivity index (χ3n) is 2.94. The van der Waals surface area contributed by atoms with Crippen LogP contribution in [0.5, 0.6) is 0 Å². The van der Waals surface area contributed by atoms with Crippen molar-refractivity contribution >= 4 is 0 Å². The van der Waals surface area contributed by atoms with Crippen molar-refractivity contribution in [2.24, 2.45) is 11.7 Å². The van der Waals surface area contributed by atoms with Crippen LogP contribution in [-0.4, -0.2) is 6.04 Å². The Hall–Kier alpha value is -0.820. The third kappa shape index (κ3) is 3.67. The standard InChI is InChI=1S/C14H23N/c1-10(2)9-13-5-7-14(8-6-13)11(3)12(4)15/h5-8,10-12H,9,15H2,1-4H3. The van der Waals surface area contributed by atoms with Gasteiger partial charge in [0.05, 0.1) is 0 Å². The largest absolute Gasteiger partial charge is 0.327 e. The van der Waals surface area contributed by atoms with Crippen molar-refractivity contribution in [1.82, 2.24) is 0 Å². The molecule has 2 atom stereocenters. The first kappa shape index (κ1) is 12.3. The first-order chi connectivity index (χ1) is 7.00. The molecule has 1 aromatic carbocycles. The summed E-state index contributed by atoms with van der Waals surface area (Å²) in [6, 6.07) is 9.11. The predicted octanol–water partition coefficient (Wildman–Crippen LogP) is 3.34. The molecule has 0 heterocycles. The topological polar surface area (TPSA) is 26.0 Å². The lowest BCUT2D eigenvalue weighted by Gasteiger charge is -2.16. The van der Waals surface area contributed by atoms with E-state index in [9.17, 15) is 0 Å². The molecule has 1 heteroatoms. The number of hydrogen-bond donors (Lipinski definition) is 1. The van der Waals surface area contributed by atoms with E-state index >= 15 is 0 Å². The van der Waals surface area contributed by atoms with E-state index in [1.807, 2.05) is 0 Å². The molecule has 1 nitrogen and oxygen atoms in total. The summed E-state index contributed by atoms with van der Waals surface area (Å²) < 4.78 is 0. The van der Waals surface area contributed by atoms with Gasteiger partial charge in [0, 0.05) is 6.04 Å². The van der Waals surface area contributed by atoms with Gasteiger partial charge in [-0.1, -0.05) is 45.0 Å². The zero-order valence-electron chi connectivity index (χ0n) is 10.3. The Kier molecular flexibility index (Phi) is 4.34. The maximum Gasteiger partial charge on any atom is 0.00766 e. The Balaban J connectivity index is 2.72. The van der Waals surface area contributed by atoms with Gasteiger partial charge in [0.2, 0.25) is 0 Å². The Labute approximate surface area is 93.7 Å². The quantitative estimate of drug-likeness (QED) is 0.801. The molecule has 15 heavy (non-hydrogen) atoms. The van der Waals surface area contributed by atoms with Gasteiger partial charge in [-0.05, 0) is 36.3 Å². The molecule has 0 radical (unpaired) electrons. The van der Waals surface area contributed by atoms with Gasteiger partial charge in [0.15, 0.2) is 0 Å². The van der Waals surface area contributed by atoms with Gasteiger partial charge >= 0.3 is 0 Å². The van der Waals surface area contributed by atoms with Crippen LogP contribution < -0.4 is 5.73 Å². The van der Waals surface area contributed by atoms with Gasteiger partial charge < -0.3 is 5.73 Å². The summed E-state index contributed by atoms with van der Waals surface area (Å²) in [7, 11) is 0. The molecular weight excluding hydrogens is 182 g/mol. The predicted molar refractivity (Wildman–Crippen MR) is 67.0 cm³/mol. The fourth-order valence-electron chi connectivity index (χ4n) is 1.73. The normalized spacial score (nSPS) is 15.3. The summed E-state index contributed by atoms with van der Waals surface area (Å²) in [5.41, 5.74) is 8.65. The van der Waals surface area contributed by atoms with Crippen LogP contribution in [0.15, 0.2) is 24.3 Å². The summed E-state index contributed by atoms with van der Waals surface area (Å²) in [5.74, 6) is 1.17. The van der Waals surface area contributed by atoms with Crippen LogP contribution in [-0.2, 0) is 6.42 Å². The molecule has 0 saturated carbocycles. The maximum atomic E-state index is 5.89. The van der Waals surface area contributed by atoms with Crippen LogP contribution in [0.4, 0.5) is 0 Å². The van der Waals surface area contributed by atoms with Crippen molar-refractivity contribution in [2.45, 2.75) is 46.1 Å². The number of rotatable bonds is 4. The molecule has 0 amide bonds. The highest BCUT2D eigenvalue weighted by atomic mass is 14.6. The van der Waals surface area contributed by atoms with E-state index in [4.69, 9.17) is 5.73 Å². The van der Waals surface area contributed by atoms with Crippen molar-refractivity contribution in [3.63, 3.8) is 0 Å². The molecule has 1 aromatic rings. The van der Waals surface area contributed by atoms with E-state index in [0.29, 0.717) is 5.92 Å². The summed E-state index contributed by atoms with van der Waals surface area (Å²) in [4.78, 5) is 0. The molecule has 0 spiro atoms. The maximum absolute atomic E-state index is 5.89. The Morgan fingerprint density at radius 2 is 1.53 bits per heavy atom. The average Bonchev–Trinajstić information content (AvgIpc) is 2.17. The van der Waals surface area contributed by atoms with Crippen LogP contribution in [0.3, 0.4) is 0 Å². The van der Waals surface area contributed by atoms with Gasteiger partial charge in [0.1, 0.15) is 0 Å². The van der Waals surface area contributed by atoms with Crippen molar-refractivity contribution in [2.75, 3.05) is 0 Å². The molecule has 0 bridgehead atoms. The molecule has 0 saturated heterocycles. The summed E-state index contributed by atoms with van der Waals surface area (Å²) >= 11 is 0. The molecule has 0 fully saturated rings. The minimum absolute atomic E-state index is 0.223. The van der Waals surface area contributed by atoms with Gasteiger partial charge in [-0.2, -0.15) is 0 Å². The Morgan fingerprint density at radius 3 is 1.93 bits per heavy atom. The minimum Gasteiger partial charge on any atom is -0.327 e. The highest BCUT2D eigenvalue weighted by Crippen LogP contribution is 2.19. The van der Waals surface area contributed by atoms with Crippen LogP contribution >= 0.6 is 0 Å². The van der Waals surface area contributed by atoms with Crippen molar-refractivity contribution in [3.05, 3.63) is 35.4 Å².